The number of carbonyl (C=O) groups is 1. The molecule has 0 aliphatic heterocycles. The Morgan fingerprint density at radius 3 is 2.33 bits per heavy atom. The van der Waals surface area contributed by atoms with E-state index in [2.05, 4.69) is 10.6 Å². The molecule has 0 spiro atoms. The van der Waals surface area contributed by atoms with Gasteiger partial charge in [0.2, 0.25) is 5.91 Å². The molecule has 0 saturated heterocycles. The fourth-order valence-corrected chi connectivity index (χ4v) is 1.99. The van der Waals surface area contributed by atoms with Crippen LogP contribution in [0.1, 0.15) is 0 Å². The van der Waals surface area contributed by atoms with Gasteiger partial charge in [0.05, 0.1) is 6.54 Å². The van der Waals surface area contributed by atoms with Crippen molar-refractivity contribution in [2.24, 2.45) is 0 Å². The minimum atomic E-state index is -0.346. The van der Waals surface area contributed by atoms with Crippen molar-refractivity contribution in [2.45, 2.75) is 4.90 Å². The molecule has 0 aliphatic carbocycles. The van der Waals surface area contributed by atoms with E-state index < -0.39 is 0 Å². The highest BCUT2D eigenvalue weighted by Gasteiger charge is 2.02. The van der Waals surface area contributed by atoms with Gasteiger partial charge in [-0.2, -0.15) is 5.26 Å². The average molecular weight is 301 g/mol. The van der Waals surface area contributed by atoms with Crippen molar-refractivity contribution in [3.63, 3.8) is 0 Å². The Morgan fingerprint density at radius 1 is 1.10 bits per heavy atom. The number of anilines is 2. The van der Waals surface area contributed by atoms with Crippen molar-refractivity contribution in [1.29, 1.82) is 5.26 Å². The summed E-state index contributed by atoms with van der Waals surface area (Å²) in [6.45, 7) is 0.0993. The van der Waals surface area contributed by atoms with E-state index in [9.17, 15) is 9.18 Å². The quantitative estimate of drug-likeness (QED) is 0.656. The maximum atomic E-state index is 12.7. The van der Waals surface area contributed by atoms with Gasteiger partial charge in [-0.15, -0.1) is 0 Å². The summed E-state index contributed by atoms with van der Waals surface area (Å²) in [7, 11) is 0. The highest BCUT2D eigenvalue weighted by atomic mass is 32.2. The molecule has 2 N–H and O–H groups in total. The summed E-state index contributed by atoms with van der Waals surface area (Å²) in [5, 5.41) is 16.2. The van der Waals surface area contributed by atoms with Gasteiger partial charge in [-0.1, -0.05) is 0 Å². The van der Waals surface area contributed by atoms with E-state index in [1.54, 1.807) is 24.3 Å². The minimum absolute atomic E-state index is 0.0993. The lowest BCUT2D eigenvalue weighted by molar-refractivity contribution is -0.114. The molecule has 0 saturated carbocycles. The molecule has 2 rings (SSSR count). The number of hydrogen-bond donors (Lipinski definition) is 2. The number of thiocyanates is 1. The highest BCUT2D eigenvalue weighted by Crippen LogP contribution is 2.18. The molecule has 2 aromatic carbocycles. The fourth-order valence-electron chi connectivity index (χ4n) is 1.61. The van der Waals surface area contributed by atoms with Crippen LogP contribution in [-0.4, -0.2) is 12.5 Å². The van der Waals surface area contributed by atoms with Gasteiger partial charge in [-0.3, -0.25) is 4.79 Å². The third-order valence-electron chi connectivity index (χ3n) is 2.60. The second-order valence-corrected chi connectivity index (χ2v) is 4.98. The third kappa shape index (κ3) is 4.82. The highest BCUT2D eigenvalue weighted by molar-refractivity contribution is 8.03. The Bertz CT molecular complexity index is 650. The second-order valence-electron chi connectivity index (χ2n) is 4.13. The van der Waals surface area contributed by atoms with E-state index in [4.69, 9.17) is 5.26 Å². The van der Waals surface area contributed by atoms with Gasteiger partial charge in [0.15, 0.2) is 0 Å². The molecule has 106 valence electrons. The van der Waals surface area contributed by atoms with Crippen molar-refractivity contribution in [2.75, 3.05) is 17.2 Å². The molecule has 0 fully saturated rings. The molecular weight excluding hydrogens is 289 g/mol. The largest absolute Gasteiger partial charge is 0.376 e. The number of carbonyl (C=O) groups excluding carboxylic acids is 1. The van der Waals surface area contributed by atoms with Crippen LogP contribution in [-0.2, 0) is 4.79 Å². The van der Waals surface area contributed by atoms with Crippen molar-refractivity contribution < 1.29 is 9.18 Å². The standard InChI is InChI=1S/C15H12FN3OS/c16-11-1-3-13(4-2-11)19-15(20)9-18-12-5-7-14(8-6-12)21-10-17/h1-8,18H,9H2,(H,19,20). The van der Waals surface area contributed by atoms with Gasteiger partial charge in [0.1, 0.15) is 11.2 Å². The minimum Gasteiger partial charge on any atom is -0.376 e. The van der Waals surface area contributed by atoms with Crippen LogP contribution in [0.2, 0.25) is 0 Å². The normalized spacial score (nSPS) is 9.71. The van der Waals surface area contributed by atoms with Crippen LogP contribution >= 0.6 is 11.8 Å². The SMILES string of the molecule is N#CSc1ccc(NCC(=O)Nc2ccc(F)cc2)cc1. The molecule has 0 aliphatic rings. The molecule has 0 unspecified atom stereocenters. The maximum Gasteiger partial charge on any atom is 0.243 e. The first kappa shape index (κ1) is 14.9. The molecule has 6 heteroatoms. The van der Waals surface area contributed by atoms with Crippen LogP contribution in [0.15, 0.2) is 53.4 Å². The maximum absolute atomic E-state index is 12.7. The zero-order valence-electron chi connectivity index (χ0n) is 11.0. The van der Waals surface area contributed by atoms with Crippen LogP contribution < -0.4 is 10.6 Å². The number of hydrogen-bond acceptors (Lipinski definition) is 4. The Balaban J connectivity index is 1.83. The molecule has 21 heavy (non-hydrogen) atoms. The van der Waals surface area contributed by atoms with Gasteiger partial charge >= 0.3 is 0 Å². The Hall–Kier alpha value is -2.52. The molecule has 0 atom stereocenters. The van der Waals surface area contributed by atoms with E-state index in [1.807, 2.05) is 5.40 Å². The zero-order valence-corrected chi connectivity index (χ0v) is 11.8. The average Bonchev–Trinajstić information content (AvgIpc) is 2.49. The number of halogens is 1. The van der Waals surface area contributed by atoms with E-state index >= 15 is 0 Å². The number of nitrogens with zero attached hydrogens (tertiary/aromatic N) is 1. The fraction of sp³-hybridized carbons (Fsp3) is 0.0667. The Morgan fingerprint density at radius 2 is 1.71 bits per heavy atom. The lowest BCUT2D eigenvalue weighted by Gasteiger charge is -2.08. The predicted octanol–water partition coefficient (Wildman–Crippen LogP) is 3.45. The molecule has 0 radical (unpaired) electrons. The summed E-state index contributed by atoms with van der Waals surface area (Å²) >= 11 is 1.08. The summed E-state index contributed by atoms with van der Waals surface area (Å²) in [5.74, 6) is -0.571. The van der Waals surface area contributed by atoms with Crippen LogP contribution in [0.5, 0.6) is 0 Å². The number of rotatable bonds is 5. The number of thioether (sulfide) groups is 1. The summed E-state index contributed by atoms with van der Waals surface area (Å²) in [6.07, 6.45) is 0. The van der Waals surface area contributed by atoms with Crippen molar-refractivity contribution in [1.82, 2.24) is 0 Å². The van der Waals surface area contributed by atoms with Crippen molar-refractivity contribution in [3.05, 3.63) is 54.3 Å². The lowest BCUT2D eigenvalue weighted by atomic mass is 10.3. The van der Waals surface area contributed by atoms with Crippen LogP contribution in [0.3, 0.4) is 0 Å². The van der Waals surface area contributed by atoms with Crippen LogP contribution in [0.25, 0.3) is 0 Å². The van der Waals surface area contributed by atoms with Crippen LogP contribution in [0.4, 0.5) is 15.8 Å². The summed E-state index contributed by atoms with van der Waals surface area (Å²) < 4.78 is 12.7. The van der Waals surface area contributed by atoms with E-state index in [0.717, 1.165) is 22.3 Å². The van der Waals surface area contributed by atoms with E-state index in [0.29, 0.717) is 5.69 Å². The topological polar surface area (TPSA) is 64.9 Å². The Labute approximate surface area is 126 Å². The molecule has 0 aromatic heterocycles. The first-order valence-electron chi connectivity index (χ1n) is 6.12. The molecule has 0 heterocycles. The predicted molar refractivity (Wildman–Crippen MR) is 81.4 cm³/mol. The molecular formula is C15H12FN3OS. The Kier molecular flexibility index (Phi) is 5.18. The first-order chi connectivity index (χ1) is 10.2. The van der Waals surface area contributed by atoms with Gasteiger partial charge in [0.25, 0.3) is 0 Å². The zero-order chi connectivity index (χ0) is 15.1. The van der Waals surface area contributed by atoms with Gasteiger partial charge in [0, 0.05) is 16.3 Å². The molecule has 1 amide bonds. The smallest absolute Gasteiger partial charge is 0.243 e. The monoisotopic (exact) mass is 301 g/mol. The van der Waals surface area contributed by atoms with Gasteiger partial charge in [-0.25, -0.2) is 4.39 Å². The second kappa shape index (κ2) is 7.31. The lowest BCUT2D eigenvalue weighted by Crippen LogP contribution is -2.21. The van der Waals surface area contributed by atoms with Crippen molar-refractivity contribution in [3.8, 4) is 5.40 Å². The number of nitrogens with one attached hydrogen (secondary N) is 2. The number of nitriles is 1. The molecule has 2 aromatic rings. The number of amides is 1. The van der Waals surface area contributed by atoms with Crippen molar-refractivity contribution >= 4 is 29.0 Å². The molecule has 0 bridgehead atoms. The molecule has 4 nitrogen and oxygen atoms in total. The first-order valence-corrected chi connectivity index (χ1v) is 6.94. The van der Waals surface area contributed by atoms with Gasteiger partial charge < -0.3 is 10.6 Å². The van der Waals surface area contributed by atoms with E-state index in [-0.39, 0.29) is 18.3 Å². The third-order valence-corrected chi connectivity index (χ3v) is 3.20. The van der Waals surface area contributed by atoms with E-state index in [1.165, 1.54) is 24.3 Å². The van der Waals surface area contributed by atoms with Crippen LogP contribution in [0, 0.1) is 16.5 Å². The summed E-state index contributed by atoms with van der Waals surface area (Å²) in [6, 6.07) is 12.8. The number of benzene rings is 2. The van der Waals surface area contributed by atoms with Gasteiger partial charge in [-0.05, 0) is 60.3 Å². The summed E-state index contributed by atoms with van der Waals surface area (Å²) in [5.41, 5.74) is 1.33. The summed E-state index contributed by atoms with van der Waals surface area (Å²) in [4.78, 5) is 12.6.